The molecule has 2 nitrogen and oxygen atoms in total. The molecule has 1 saturated carbocycles. The van der Waals surface area contributed by atoms with Crippen LogP contribution in [0.4, 0.5) is 0 Å². The van der Waals surface area contributed by atoms with Gasteiger partial charge in [0.1, 0.15) is 0 Å². The molecule has 0 bridgehead atoms. The van der Waals surface area contributed by atoms with Gasteiger partial charge in [0.2, 0.25) is 0 Å². The summed E-state index contributed by atoms with van der Waals surface area (Å²) in [5.41, 5.74) is 2.12. The second-order valence-electron chi connectivity index (χ2n) is 6.15. The first-order chi connectivity index (χ1) is 10.8. The molecule has 0 radical (unpaired) electrons. The predicted molar refractivity (Wildman–Crippen MR) is 90.8 cm³/mol. The second-order valence-corrected chi connectivity index (χ2v) is 6.15. The predicted octanol–water partition coefficient (Wildman–Crippen LogP) is 5.35. The molecule has 1 fully saturated rings. The molecule has 22 heavy (non-hydrogen) atoms. The van der Waals surface area contributed by atoms with Gasteiger partial charge in [0, 0.05) is 0 Å². The van der Waals surface area contributed by atoms with Gasteiger partial charge in [-0.2, -0.15) is 5.26 Å². The Morgan fingerprint density at radius 3 is 2.50 bits per heavy atom. The molecule has 118 valence electrons. The fraction of sp³-hybridized carbons (Fsp3) is 0.550. The molecular weight excluding hydrogens is 270 g/mol. The molecule has 1 aromatic rings. The maximum Gasteiger partial charge on any atom is 0.0991 e. The van der Waals surface area contributed by atoms with Gasteiger partial charge >= 0.3 is 0 Å². The second kappa shape index (κ2) is 9.43. The SMILES string of the molecule is CCCC/C=C/COC1CCC(c2ccc(C#N)cc2)CC1. The molecule has 0 aliphatic heterocycles. The molecule has 0 spiro atoms. The van der Waals surface area contributed by atoms with E-state index in [1.165, 1.54) is 37.7 Å². The van der Waals surface area contributed by atoms with Crippen molar-refractivity contribution in [3.63, 3.8) is 0 Å². The maximum atomic E-state index is 8.85. The van der Waals surface area contributed by atoms with Crippen LogP contribution in [-0.4, -0.2) is 12.7 Å². The van der Waals surface area contributed by atoms with E-state index in [2.05, 4.69) is 37.3 Å². The lowest BCUT2D eigenvalue weighted by Gasteiger charge is -2.28. The molecule has 0 unspecified atom stereocenters. The van der Waals surface area contributed by atoms with E-state index in [9.17, 15) is 0 Å². The first-order valence-corrected chi connectivity index (χ1v) is 8.60. The monoisotopic (exact) mass is 297 g/mol. The van der Waals surface area contributed by atoms with Gasteiger partial charge in [-0.15, -0.1) is 0 Å². The number of hydrogen-bond acceptors (Lipinski definition) is 2. The number of hydrogen-bond donors (Lipinski definition) is 0. The normalized spacial score (nSPS) is 21.8. The smallest absolute Gasteiger partial charge is 0.0991 e. The third-order valence-electron chi connectivity index (χ3n) is 4.50. The van der Waals surface area contributed by atoms with Crippen LogP contribution in [0.1, 0.15) is 68.9 Å². The van der Waals surface area contributed by atoms with Gasteiger partial charge < -0.3 is 4.74 Å². The number of nitrogens with zero attached hydrogens (tertiary/aromatic N) is 1. The summed E-state index contributed by atoms with van der Waals surface area (Å²) in [6.45, 7) is 2.98. The summed E-state index contributed by atoms with van der Waals surface area (Å²) in [6.07, 6.45) is 13.2. The summed E-state index contributed by atoms with van der Waals surface area (Å²) in [7, 11) is 0. The Balaban J connectivity index is 1.69. The van der Waals surface area contributed by atoms with Crippen LogP contribution in [0.25, 0.3) is 0 Å². The summed E-state index contributed by atoms with van der Waals surface area (Å²) in [6, 6.07) is 10.3. The van der Waals surface area contributed by atoms with Crippen LogP contribution in [-0.2, 0) is 4.74 Å². The van der Waals surface area contributed by atoms with Crippen molar-refractivity contribution in [3.05, 3.63) is 47.5 Å². The summed E-state index contributed by atoms with van der Waals surface area (Å²) < 4.78 is 5.95. The van der Waals surface area contributed by atoms with Gasteiger partial charge in [0.15, 0.2) is 0 Å². The summed E-state index contributed by atoms with van der Waals surface area (Å²) >= 11 is 0. The number of ether oxygens (including phenoxy) is 1. The summed E-state index contributed by atoms with van der Waals surface area (Å²) in [4.78, 5) is 0. The highest BCUT2D eigenvalue weighted by Crippen LogP contribution is 2.34. The molecule has 0 N–H and O–H groups in total. The van der Waals surface area contributed by atoms with Gasteiger partial charge in [-0.05, 0) is 55.7 Å². The highest BCUT2D eigenvalue weighted by Gasteiger charge is 2.22. The number of unbranched alkanes of at least 4 members (excludes halogenated alkanes) is 2. The highest BCUT2D eigenvalue weighted by atomic mass is 16.5. The number of nitriles is 1. The number of benzene rings is 1. The lowest BCUT2D eigenvalue weighted by atomic mass is 9.82. The molecule has 1 aromatic carbocycles. The van der Waals surface area contributed by atoms with Crippen molar-refractivity contribution >= 4 is 0 Å². The largest absolute Gasteiger partial charge is 0.374 e. The van der Waals surface area contributed by atoms with Gasteiger partial charge in [0.25, 0.3) is 0 Å². The number of allylic oxidation sites excluding steroid dienone is 1. The average Bonchev–Trinajstić information content (AvgIpc) is 2.59. The minimum Gasteiger partial charge on any atom is -0.374 e. The molecule has 0 atom stereocenters. The Bertz CT molecular complexity index is 489. The zero-order valence-corrected chi connectivity index (χ0v) is 13.6. The van der Waals surface area contributed by atoms with Gasteiger partial charge in [-0.3, -0.25) is 0 Å². The zero-order chi connectivity index (χ0) is 15.6. The van der Waals surface area contributed by atoms with Crippen molar-refractivity contribution in [1.29, 1.82) is 5.26 Å². The lowest BCUT2D eigenvalue weighted by Crippen LogP contribution is -2.20. The Hall–Kier alpha value is -1.59. The van der Waals surface area contributed by atoms with E-state index in [0.717, 1.165) is 25.0 Å². The molecule has 0 heterocycles. The van der Waals surface area contributed by atoms with Crippen molar-refractivity contribution in [1.82, 2.24) is 0 Å². The van der Waals surface area contributed by atoms with Crippen LogP contribution < -0.4 is 0 Å². The van der Waals surface area contributed by atoms with E-state index >= 15 is 0 Å². The summed E-state index contributed by atoms with van der Waals surface area (Å²) in [5.74, 6) is 0.632. The van der Waals surface area contributed by atoms with Crippen LogP contribution in [0.3, 0.4) is 0 Å². The first-order valence-electron chi connectivity index (χ1n) is 8.60. The van der Waals surface area contributed by atoms with Crippen LogP contribution in [0.5, 0.6) is 0 Å². The van der Waals surface area contributed by atoms with Crippen molar-refractivity contribution < 1.29 is 4.74 Å². The zero-order valence-electron chi connectivity index (χ0n) is 13.6. The Morgan fingerprint density at radius 2 is 1.86 bits per heavy atom. The molecule has 1 aliphatic carbocycles. The fourth-order valence-corrected chi connectivity index (χ4v) is 3.09. The third-order valence-corrected chi connectivity index (χ3v) is 4.50. The molecule has 0 amide bonds. The quantitative estimate of drug-likeness (QED) is 0.502. The van der Waals surface area contributed by atoms with Crippen LogP contribution in [0, 0.1) is 11.3 Å². The van der Waals surface area contributed by atoms with Gasteiger partial charge in [-0.25, -0.2) is 0 Å². The lowest BCUT2D eigenvalue weighted by molar-refractivity contribution is 0.0422. The van der Waals surface area contributed by atoms with E-state index in [1.807, 2.05) is 12.1 Å². The Labute approximate surface area is 134 Å². The van der Waals surface area contributed by atoms with E-state index in [-0.39, 0.29) is 0 Å². The summed E-state index contributed by atoms with van der Waals surface area (Å²) in [5, 5.41) is 8.85. The standard InChI is InChI=1S/C20H27NO/c1-2-3-4-5-6-15-22-20-13-11-19(12-14-20)18-9-7-17(16-21)8-10-18/h5-10,19-20H,2-4,11-15H2,1H3/b6-5+. The highest BCUT2D eigenvalue weighted by molar-refractivity contribution is 5.33. The van der Waals surface area contributed by atoms with E-state index < -0.39 is 0 Å². The molecule has 0 saturated heterocycles. The molecule has 1 aliphatic rings. The van der Waals surface area contributed by atoms with Crippen molar-refractivity contribution in [2.45, 2.75) is 63.9 Å². The van der Waals surface area contributed by atoms with Crippen molar-refractivity contribution in [2.75, 3.05) is 6.61 Å². The van der Waals surface area contributed by atoms with Gasteiger partial charge in [0.05, 0.1) is 24.3 Å². The molecular formula is C20H27NO. The third kappa shape index (κ3) is 5.31. The van der Waals surface area contributed by atoms with Crippen LogP contribution >= 0.6 is 0 Å². The van der Waals surface area contributed by atoms with Crippen molar-refractivity contribution in [3.8, 4) is 6.07 Å². The minimum atomic E-state index is 0.422. The minimum absolute atomic E-state index is 0.422. The van der Waals surface area contributed by atoms with Crippen molar-refractivity contribution in [2.24, 2.45) is 0 Å². The fourth-order valence-electron chi connectivity index (χ4n) is 3.09. The molecule has 2 heteroatoms. The van der Waals surface area contributed by atoms with Crippen LogP contribution in [0.15, 0.2) is 36.4 Å². The number of rotatable bonds is 7. The topological polar surface area (TPSA) is 33.0 Å². The molecule has 0 aromatic heterocycles. The van der Waals surface area contributed by atoms with E-state index in [1.54, 1.807) is 0 Å². The Kier molecular flexibility index (Phi) is 7.19. The van der Waals surface area contributed by atoms with E-state index in [0.29, 0.717) is 12.0 Å². The van der Waals surface area contributed by atoms with E-state index in [4.69, 9.17) is 10.00 Å². The first kappa shape index (κ1) is 16.8. The molecule has 2 rings (SSSR count). The average molecular weight is 297 g/mol. The van der Waals surface area contributed by atoms with Gasteiger partial charge in [-0.1, -0.05) is 44.1 Å². The maximum absolute atomic E-state index is 8.85. The Morgan fingerprint density at radius 1 is 1.14 bits per heavy atom. The van der Waals surface area contributed by atoms with Crippen LogP contribution in [0.2, 0.25) is 0 Å².